The average molecular weight is 266 g/mol. The Kier molecular flexibility index (Phi) is 5.22. The van der Waals surface area contributed by atoms with E-state index in [0.717, 1.165) is 25.7 Å². The van der Waals surface area contributed by atoms with Gasteiger partial charge in [-0.3, -0.25) is 4.90 Å². The molecule has 1 aromatic heterocycles. The van der Waals surface area contributed by atoms with Crippen LogP contribution in [0.5, 0.6) is 0 Å². The van der Waals surface area contributed by atoms with E-state index in [1.54, 1.807) is 0 Å². The molecule has 0 spiro atoms. The molecule has 0 aliphatic heterocycles. The van der Waals surface area contributed by atoms with Crippen molar-refractivity contribution >= 4 is 11.3 Å². The van der Waals surface area contributed by atoms with Crippen molar-refractivity contribution in [2.45, 2.75) is 58.7 Å². The van der Waals surface area contributed by atoms with E-state index < -0.39 is 0 Å². The van der Waals surface area contributed by atoms with E-state index in [1.807, 2.05) is 11.3 Å². The van der Waals surface area contributed by atoms with Crippen molar-refractivity contribution in [1.82, 2.24) is 10.2 Å². The largest absolute Gasteiger partial charge is 0.312 e. The number of hydrogen-bond acceptors (Lipinski definition) is 3. The Morgan fingerprint density at radius 1 is 1.39 bits per heavy atom. The maximum Gasteiger partial charge on any atom is 0.0299 e. The maximum absolute atomic E-state index is 3.41. The maximum atomic E-state index is 3.41. The molecule has 1 aromatic rings. The first-order valence-electron chi connectivity index (χ1n) is 7.20. The normalized spacial score (nSPS) is 16.9. The molecular weight excluding hydrogens is 240 g/mol. The van der Waals surface area contributed by atoms with Crippen molar-refractivity contribution in [1.29, 1.82) is 0 Å². The van der Waals surface area contributed by atoms with E-state index in [0.29, 0.717) is 0 Å². The Morgan fingerprint density at radius 2 is 2.11 bits per heavy atom. The molecule has 18 heavy (non-hydrogen) atoms. The van der Waals surface area contributed by atoms with Gasteiger partial charge in [0.05, 0.1) is 0 Å². The third kappa shape index (κ3) is 3.56. The van der Waals surface area contributed by atoms with Gasteiger partial charge in [-0.2, -0.15) is 0 Å². The van der Waals surface area contributed by atoms with Crippen LogP contribution in [0.1, 0.15) is 47.9 Å². The van der Waals surface area contributed by atoms with E-state index in [9.17, 15) is 0 Å². The lowest BCUT2D eigenvalue weighted by molar-refractivity contribution is 0.237. The van der Waals surface area contributed by atoms with E-state index in [-0.39, 0.29) is 0 Å². The van der Waals surface area contributed by atoms with Gasteiger partial charge in [-0.1, -0.05) is 19.8 Å². The third-order valence-electron chi connectivity index (χ3n) is 3.99. The van der Waals surface area contributed by atoms with Gasteiger partial charge in [0.25, 0.3) is 0 Å². The lowest BCUT2D eigenvalue weighted by Gasteiger charge is -2.23. The van der Waals surface area contributed by atoms with Crippen LogP contribution >= 0.6 is 11.3 Å². The zero-order chi connectivity index (χ0) is 13.0. The molecule has 0 radical (unpaired) electrons. The van der Waals surface area contributed by atoms with E-state index in [4.69, 9.17) is 0 Å². The number of nitrogens with one attached hydrogen (secondary N) is 1. The molecule has 2 nitrogen and oxygen atoms in total. The second-order valence-electron chi connectivity index (χ2n) is 5.43. The predicted molar refractivity (Wildman–Crippen MR) is 80.2 cm³/mol. The molecule has 1 fully saturated rings. The summed E-state index contributed by atoms with van der Waals surface area (Å²) in [4.78, 5) is 5.52. The van der Waals surface area contributed by atoms with Crippen molar-refractivity contribution in [2.24, 2.45) is 0 Å². The molecule has 0 bridgehead atoms. The first-order valence-corrected chi connectivity index (χ1v) is 8.01. The first kappa shape index (κ1) is 14.0. The molecule has 0 amide bonds. The van der Waals surface area contributed by atoms with Crippen molar-refractivity contribution in [3.63, 3.8) is 0 Å². The van der Waals surface area contributed by atoms with Crippen molar-refractivity contribution in [3.05, 3.63) is 21.4 Å². The topological polar surface area (TPSA) is 15.3 Å². The summed E-state index contributed by atoms with van der Waals surface area (Å²) in [5.74, 6) is 0. The summed E-state index contributed by atoms with van der Waals surface area (Å²) in [6, 6.07) is 3.22. The smallest absolute Gasteiger partial charge is 0.0299 e. The van der Waals surface area contributed by atoms with Crippen LogP contribution in [0, 0.1) is 6.92 Å². The molecule has 0 unspecified atom stereocenters. The second kappa shape index (κ2) is 6.69. The van der Waals surface area contributed by atoms with Gasteiger partial charge < -0.3 is 5.32 Å². The zero-order valence-electron chi connectivity index (χ0n) is 12.0. The van der Waals surface area contributed by atoms with Crippen LogP contribution in [0.25, 0.3) is 0 Å². The summed E-state index contributed by atoms with van der Waals surface area (Å²) < 4.78 is 0. The Morgan fingerprint density at radius 3 is 2.78 bits per heavy atom. The average Bonchev–Trinajstić information content (AvgIpc) is 2.97. The quantitative estimate of drug-likeness (QED) is 0.847. The van der Waals surface area contributed by atoms with Gasteiger partial charge in [-0.25, -0.2) is 0 Å². The number of rotatable bonds is 6. The Balaban J connectivity index is 1.93. The Labute approximate surface area is 115 Å². The number of hydrogen-bond donors (Lipinski definition) is 1. The monoisotopic (exact) mass is 266 g/mol. The number of aryl methyl sites for hydroxylation is 1. The molecule has 1 N–H and O–H groups in total. The van der Waals surface area contributed by atoms with Crippen molar-refractivity contribution in [3.8, 4) is 0 Å². The lowest BCUT2D eigenvalue weighted by atomic mass is 10.2. The second-order valence-corrected chi connectivity index (χ2v) is 6.77. The predicted octanol–water partition coefficient (Wildman–Crippen LogP) is 3.54. The molecule has 3 heteroatoms. The minimum absolute atomic E-state index is 0.821. The van der Waals surface area contributed by atoms with Gasteiger partial charge in [0.2, 0.25) is 0 Å². The molecule has 102 valence electrons. The molecule has 1 saturated carbocycles. The number of nitrogens with zero attached hydrogens (tertiary/aromatic N) is 1. The number of thiophene rings is 1. The highest BCUT2D eigenvalue weighted by atomic mass is 32.1. The van der Waals surface area contributed by atoms with Gasteiger partial charge >= 0.3 is 0 Å². The molecule has 1 heterocycles. The molecule has 0 aromatic carbocycles. The summed E-state index contributed by atoms with van der Waals surface area (Å²) in [5.41, 5.74) is 1.53. The molecular formula is C15H26N2S. The fraction of sp³-hybridized carbons (Fsp3) is 0.733. The van der Waals surface area contributed by atoms with E-state index in [2.05, 4.69) is 37.2 Å². The lowest BCUT2D eigenvalue weighted by Crippen LogP contribution is -2.28. The van der Waals surface area contributed by atoms with E-state index >= 15 is 0 Å². The highest BCUT2D eigenvalue weighted by Crippen LogP contribution is 2.27. The van der Waals surface area contributed by atoms with Gasteiger partial charge in [0, 0.05) is 28.9 Å². The molecule has 0 saturated heterocycles. The molecule has 1 aliphatic carbocycles. The fourth-order valence-electron chi connectivity index (χ4n) is 2.82. The zero-order valence-corrected chi connectivity index (χ0v) is 12.8. The SMILES string of the molecule is CCNCc1cc(CN(C)C2CCCC2)c(C)s1. The highest BCUT2D eigenvalue weighted by Gasteiger charge is 2.20. The minimum atomic E-state index is 0.821. The summed E-state index contributed by atoms with van der Waals surface area (Å²) >= 11 is 1.95. The van der Waals surface area contributed by atoms with Crippen LogP contribution < -0.4 is 5.32 Å². The molecule has 0 atom stereocenters. The van der Waals surface area contributed by atoms with Crippen LogP contribution in [-0.4, -0.2) is 24.5 Å². The van der Waals surface area contributed by atoms with E-state index in [1.165, 1.54) is 41.0 Å². The standard InChI is InChI=1S/C15H26N2S/c1-4-16-10-15-9-13(12(2)18-15)11-17(3)14-7-5-6-8-14/h9,14,16H,4-8,10-11H2,1-3H3. The van der Waals surface area contributed by atoms with Crippen LogP contribution in [0.2, 0.25) is 0 Å². The Bertz CT molecular complexity index is 367. The third-order valence-corrected chi connectivity index (χ3v) is 5.08. The van der Waals surface area contributed by atoms with Gasteiger partial charge in [-0.05, 0) is 45.0 Å². The van der Waals surface area contributed by atoms with Crippen LogP contribution in [0.4, 0.5) is 0 Å². The summed E-state index contributed by atoms with van der Waals surface area (Å²) in [5, 5.41) is 3.41. The van der Waals surface area contributed by atoms with Crippen LogP contribution in [0.3, 0.4) is 0 Å². The highest BCUT2D eigenvalue weighted by molar-refractivity contribution is 7.12. The van der Waals surface area contributed by atoms with Gasteiger partial charge in [0.15, 0.2) is 0 Å². The van der Waals surface area contributed by atoms with Gasteiger partial charge in [0.1, 0.15) is 0 Å². The molecule has 1 aliphatic rings. The van der Waals surface area contributed by atoms with Crippen LogP contribution in [-0.2, 0) is 13.1 Å². The molecule has 2 rings (SSSR count). The summed E-state index contributed by atoms with van der Waals surface area (Å²) in [7, 11) is 2.29. The van der Waals surface area contributed by atoms with Gasteiger partial charge in [-0.15, -0.1) is 11.3 Å². The van der Waals surface area contributed by atoms with Crippen LogP contribution in [0.15, 0.2) is 6.07 Å². The first-order chi connectivity index (χ1) is 8.70. The van der Waals surface area contributed by atoms with Crippen molar-refractivity contribution < 1.29 is 0 Å². The fourth-order valence-corrected chi connectivity index (χ4v) is 3.85. The summed E-state index contributed by atoms with van der Waals surface area (Å²) in [6.07, 6.45) is 5.63. The Hall–Kier alpha value is -0.380. The summed E-state index contributed by atoms with van der Waals surface area (Å²) in [6.45, 7) is 7.62. The van der Waals surface area contributed by atoms with Crippen molar-refractivity contribution in [2.75, 3.05) is 13.6 Å². The minimum Gasteiger partial charge on any atom is -0.312 e.